The number of aliphatic imine (C=N–C) groups is 1. The van der Waals surface area contributed by atoms with Gasteiger partial charge in [-0.05, 0) is 17.9 Å². The molecule has 1 aromatic rings. The van der Waals surface area contributed by atoms with E-state index < -0.39 is 0 Å². The number of anilines is 1. The van der Waals surface area contributed by atoms with Crippen LogP contribution in [0.2, 0.25) is 0 Å². The van der Waals surface area contributed by atoms with Crippen molar-refractivity contribution in [3.05, 3.63) is 29.8 Å². The Morgan fingerprint density at radius 3 is 2.95 bits per heavy atom. The summed E-state index contributed by atoms with van der Waals surface area (Å²) in [6.45, 7) is 3.73. The number of guanidine groups is 1. The zero-order valence-corrected chi connectivity index (χ0v) is 14.2. The molecule has 0 aliphatic carbocycles. The van der Waals surface area contributed by atoms with Crippen molar-refractivity contribution >= 4 is 29.3 Å². The number of nitrogens with zero attached hydrogens (tertiary/aromatic N) is 1. The minimum atomic E-state index is 0.0736. The summed E-state index contributed by atoms with van der Waals surface area (Å²) in [7, 11) is 1.76. The highest BCUT2D eigenvalue weighted by Gasteiger charge is 2.24. The van der Waals surface area contributed by atoms with Crippen LogP contribution in [0.5, 0.6) is 0 Å². The Kier molecular flexibility index (Phi) is 6.12. The minimum absolute atomic E-state index is 0.0736. The first-order valence-electron chi connectivity index (χ1n) is 7.50. The summed E-state index contributed by atoms with van der Waals surface area (Å²) in [6.07, 6.45) is 2.60. The van der Waals surface area contributed by atoms with Crippen molar-refractivity contribution in [1.82, 2.24) is 10.6 Å². The first-order valence-corrected chi connectivity index (χ1v) is 8.79. The molecule has 1 aliphatic heterocycles. The van der Waals surface area contributed by atoms with Gasteiger partial charge >= 0.3 is 0 Å². The van der Waals surface area contributed by atoms with Crippen LogP contribution in [-0.4, -0.2) is 43.5 Å². The molecule has 0 spiro atoms. The SMILES string of the molecule is CN=C(NCC(C)SC)NCC1CC(=O)Nc2ccccc21. The maximum Gasteiger partial charge on any atom is 0.225 e. The van der Waals surface area contributed by atoms with Crippen molar-refractivity contribution < 1.29 is 4.79 Å². The number of carbonyl (C=O) groups is 1. The fourth-order valence-corrected chi connectivity index (χ4v) is 2.70. The zero-order valence-electron chi connectivity index (χ0n) is 13.3. The second-order valence-corrected chi connectivity index (χ2v) is 6.69. The summed E-state index contributed by atoms with van der Waals surface area (Å²) in [5, 5.41) is 10.1. The van der Waals surface area contributed by atoms with E-state index in [2.05, 4.69) is 40.2 Å². The van der Waals surface area contributed by atoms with Crippen LogP contribution in [0.4, 0.5) is 5.69 Å². The minimum Gasteiger partial charge on any atom is -0.356 e. The number of hydrogen-bond donors (Lipinski definition) is 3. The van der Waals surface area contributed by atoms with Crippen molar-refractivity contribution in [3.8, 4) is 0 Å². The molecule has 3 N–H and O–H groups in total. The van der Waals surface area contributed by atoms with E-state index in [4.69, 9.17) is 0 Å². The van der Waals surface area contributed by atoms with E-state index in [1.165, 1.54) is 5.56 Å². The molecular weight excluding hydrogens is 296 g/mol. The van der Waals surface area contributed by atoms with Gasteiger partial charge in [0.15, 0.2) is 5.96 Å². The Morgan fingerprint density at radius 1 is 1.45 bits per heavy atom. The third-order valence-corrected chi connectivity index (χ3v) is 4.78. The summed E-state index contributed by atoms with van der Waals surface area (Å²) in [4.78, 5) is 16.1. The Hall–Kier alpha value is -1.69. The summed E-state index contributed by atoms with van der Waals surface area (Å²) in [5.41, 5.74) is 2.10. The van der Waals surface area contributed by atoms with E-state index in [1.807, 2.05) is 30.0 Å². The quantitative estimate of drug-likeness (QED) is 0.574. The molecule has 2 atom stereocenters. The number of carbonyl (C=O) groups excluding carboxylic acids is 1. The number of amides is 1. The van der Waals surface area contributed by atoms with Gasteiger partial charge < -0.3 is 16.0 Å². The molecule has 0 saturated heterocycles. The van der Waals surface area contributed by atoms with Gasteiger partial charge in [0.25, 0.3) is 0 Å². The molecule has 22 heavy (non-hydrogen) atoms. The number of para-hydroxylation sites is 1. The average molecular weight is 320 g/mol. The molecule has 1 amide bonds. The lowest BCUT2D eigenvalue weighted by atomic mass is 9.90. The highest BCUT2D eigenvalue weighted by molar-refractivity contribution is 7.99. The Balaban J connectivity index is 1.94. The lowest BCUT2D eigenvalue weighted by molar-refractivity contribution is -0.116. The average Bonchev–Trinajstić information content (AvgIpc) is 2.54. The molecule has 5 nitrogen and oxygen atoms in total. The third-order valence-electron chi connectivity index (χ3n) is 3.81. The highest BCUT2D eigenvalue weighted by Crippen LogP contribution is 2.31. The Bertz CT molecular complexity index is 547. The van der Waals surface area contributed by atoms with E-state index in [1.54, 1.807) is 7.05 Å². The number of hydrogen-bond acceptors (Lipinski definition) is 3. The maximum absolute atomic E-state index is 11.8. The normalized spacial score (nSPS) is 19.1. The topological polar surface area (TPSA) is 65.5 Å². The molecule has 1 heterocycles. The van der Waals surface area contributed by atoms with Crippen molar-refractivity contribution in [3.63, 3.8) is 0 Å². The number of rotatable bonds is 5. The number of benzene rings is 1. The van der Waals surface area contributed by atoms with Gasteiger partial charge in [0, 0.05) is 43.4 Å². The van der Waals surface area contributed by atoms with Gasteiger partial charge in [-0.2, -0.15) is 11.8 Å². The van der Waals surface area contributed by atoms with Crippen molar-refractivity contribution in [2.24, 2.45) is 4.99 Å². The summed E-state index contributed by atoms with van der Waals surface area (Å²) in [6, 6.07) is 7.98. The molecule has 0 aromatic heterocycles. The van der Waals surface area contributed by atoms with Crippen LogP contribution in [-0.2, 0) is 4.79 Å². The number of thioether (sulfide) groups is 1. The molecule has 0 fully saturated rings. The van der Waals surface area contributed by atoms with Crippen molar-refractivity contribution in [2.45, 2.75) is 24.5 Å². The molecule has 0 bridgehead atoms. The van der Waals surface area contributed by atoms with Gasteiger partial charge in [0.1, 0.15) is 0 Å². The Morgan fingerprint density at radius 2 is 2.23 bits per heavy atom. The van der Waals surface area contributed by atoms with Crippen LogP contribution in [0.1, 0.15) is 24.8 Å². The largest absolute Gasteiger partial charge is 0.356 e. The molecule has 0 saturated carbocycles. The fraction of sp³-hybridized carbons (Fsp3) is 0.500. The standard InChI is InChI=1S/C16H24N4OS/c1-11(22-3)9-18-16(17-2)19-10-12-8-15(21)20-14-7-5-4-6-13(12)14/h4-7,11-12H,8-10H2,1-3H3,(H,20,21)(H2,17,18,19). The molecular formula is C16H24N4OS. The van der Waals surface area contributed by atoms with E-state index in [9.17, 15) is 4.79 Å². The van der Waals surface area contributed by atoms with E-state index >= 15 is 0 Å². The predicted molar refractivity (Wildman–Crippen MR) is 94.8 cm³/mol. The van der Waals surface area contributed by atoms with E-state index in [0.29, 0.717) is 18.2 Å². The smallest absolute Gasteiger partial charge is 0.225 e. The van der Waals surface area contributed by atoms with Gasteiger partial charge in [0.05, 0.1) is 0 Å². The second kappa shape index (κ2) is 8.08. The van der Waals surface area contributed by atoms with Crippen LogP contribution in [0.25, 0.3) is 0 Å². The van der Waals surface area contributed by atoms with Crippen LogP contribution in [0.3, 0.4) is 0 Å². The van der Waals surface area contributed by atoms with Crippen LogP contribution in [0.15, 0.2) is 29.3 Å². The maximum atomic E-state index is 11.8. The van der Waals surface area contributed by atoms with Crippen molar-refractivity contribution in [1.29, 1.82) is 0 Å². The molecule has 1 aromatic carbocycles. The van der Waals surface area contributed by atoms with Gasteiger partial charge in [-0.15, -0.1) is 0 Å². The second-order valence-electron chi connectivity index (χ2n) is 5.42. The van der Waals surface area contributed by atoms with Gasteiger partial charge in [-0.25, -0.2) is 0 Å². The Labute approximate surface area is 136 Å². The summed E-state index contributed by atoms with van der Waals surface area (Å²) in [5.74, 6) is 1.02. The van der Waals surface area contributed by atoms with Crippen LogP contribution in [0, 0.1) is 0 Å². The molecule has 0 radical (unpaired) electrons. The third kappa shape index (κ3) is 4.40. The summed E-state index contributed by atoms with van der Waals surface area (Å²) >= 11 is 1.82. The molecule has 2 unspecified atom stereocenters. The molecule has 120 valence electrons. The van der Waals surface area contributed by atoms with Gasteiger partial charge in [0.2, 0.25) is 5.91 Å². The van der Waals surface area contributed by atoms with E-state index in [-0.39, 0.29) is 11.8 Å². The fourth-order valence-electron chi connectivity index (χ4n) is 2.45. The summed E-state index contributed by atoms with van der Waals surface area (Å²) < 4.78 is 0. The van der Waals surface area contributed by atoms with Crippen LogP contribution < -0.4 is 16.0 Å². The lowest BCUT2D eigenvalue weighted by Gasteiger charge is -2.26. The van der Waals surface area contributed by atoms with E-state index in [0.717, 1.165) is 18.2 Å². The number of fused-ring (bicyclic) bond motifs is 1. The molecule has 6 heteroatoms. The van der Waals surface area contributed by atoms with Gasteiger partial charge in [-0.1, -0.05) is 25.1 Å². The van der Waals surface area contributed by atoms with Crippen molar-refractivity contribution in [2.75, 3.05) is 31.7 Å². The highest BCUT2D eigenvalue weighted by atomic mass is 32.2. The molecule has 1 aliphatic rings. The van der Waals surface area contributed by atoms with Crippen LogP contribution >= 0.6 is 11.8 Å². The monoisotopic (exact) mass is 320 g/mol. The first-order chi connectivity index (χ1) is 10.6. The lowest BCUT2D eigenvalue weighted by Crippen LogP contribution is -2.42. The molecule has 2 rings (SSSR count). The van der Waals surface area contributed by atoms with Gasteiger partial charge in [-0.3, -0.25) is 9.79 Å². The number of nitrogens with one attached hydrogen (secondary N) is 3. The zero-order chi connectivity index (χ0) is 15.9. The first kappa shape index (κ1) is 16.7. The predicted octanol–water partition coefficient (Wildman–Crippen LogP) is 2.03.